The molecule has 0 aliphatic rings. The minimum absolute atomic E-state index is 0.0472. The normalized spacial score (nSPS) is 11.1. The van der Waals surface area contributed by atoms with Gasteiger partial charge in [0.05, 0.1) is 14.2 Å². The fourth-order valence-corrected chi connectivity index (χ4v) is 3.15. The second-order valence-electron chi connectivity index (χ2n) is 6.62. The maximum atomic E-state index is 12.7. The number of hydrogen-bond acceptors (Lipinski definition) is 4. The van der Waals surface area contributed by atoms with Crippen LogP contribution in [-0.4, -0.2) is 24.7 Å². The number of carbonyl (C=O) groups excluding carboxylic acids is 1. The summed E-state index contributed by atoms with van der Waals surface area (Å²) in [5.41, 5.74) is 4.46. The third-order valence-electron chi connectivity index (χ3n) is 4.70. The molecule has 148 valence electrons. The molecule has 0 spiro atoms. The van der Waals surface area contributed by atoms with Crippen LogP contribution in [0.2, 0.25) is 0 Å². The van der Waals surface area contributed by atoms with E-state index in [0.717, 1.165) is 35.5 Å². The van der Waals surface area contributed by atoms with E-state index >= 15 is 0 Å². The number of rotatable bonds is 7. The van der Waals surface area contributed by atoms with Crippen LogP contribution in [0.15, 0.2) is 23.8 Å². The van der Waals surface area contributed by atoms with Crippen molar-refractivity contribution in [2.45, 2.75) is 40.7 Å². The fraction of sp³-hybridized carbons (Fsp3) is 0.364. The van der Waals surface area contributed by atoms with E-state index in [9.17, 15) is 10.1 Å². The number of methoxy groups -OCH3 is 2. The summed E-state index contributed by atoms with van der Waals surface area (Å²) in [6, 6.07) is 7.48. The topological polar surface area (TPSA) is 76.3 Å². The molecule has 1 N–H and O–H groups in total. The summed E-state index contributed by atoms with van der Waals surface area (Å²) in [7, 11) is 3.09. The van der Waals surface area contributed by atoms with Gasteiger partial charge in [0.2, 0.25) is 0 Å². The summed E-state index contributed by atoms with van der Waals surface area (Å²) in [4.78, 5) is 12.7. The minimum atomic E-state index is -0.460. The van der Waals surface area contributed by atoms with E-state index in [-0.39, 0.29) is 5.57 Å². The lowest BCUT2D eigenvalue weighted by Crippen LogP contribution is -2.14. The average molecular weight is 381 g/mol. The number of amides is 1. The van der Waals surface area contributed by atoms with Crippen LogP contribution in [0.3, 0.4) is 0 Å². The van der Waals surface area contributed by atoms with Crippen LogP contribution in [-0.2, 0) is 11.3 Å². The molecule has 0 saturated heterocycles. The van der Waals surface area contributed by atoms with Crippen molar-refractivity contribution >= 4 is 17.7 Å². The Morgan fingerprint density at radius 1 is 1.18 bits per heavy atom. The van der Waals surface area contributed by atoms with Crippen LogP contribution < -0.4 is 14.8 Å². The number of aromatic nitrogens is 1. The highest BCUT2D eigenvalue weighted by Gasteiger charge is 2.15. The molecule has 0 aliphatic heterocycles. The maximum absolute atomic E-state index is 12.7. The number of nitrogens with zero attached hydrogens (tertiary/aromatic N) is 2. The van der Waals surface area contributed by atoms with Gasteiger partial charge in [-0.15, -0.1) is 0 Å². The van der Waals surface area contributed by atoms with Crippen molar-refractivity contribution in [2.24, 2.45) is 0 Å². The van der Waals surface area contributed by atoms with Crippen LogP contribution >= 0.6 is 0 Å². The highest BCUT2D eigenvalue weighted by atomic mass is 16.5. The zero-order valence-electron chi connectivity index (χ0n) is 17.3. The van der Waals surface area contributed by atoms with Gasteiger partial charge < -0.3 is 19.4 Å². The summed E-state index contributed by atoms with van der Waals surface area (Å²) in [5.74, 6) is 0.629. The molecule has 2 aromatic rings. The third kappa shape index (κ3) is 4.37. The first-order valence-electron chi connectivity index (χ1n) is 9.18. The number of hydrogen-bond donors (Lipinski definition) is 1. The van der Waals surface area contributed by atoms with Crippen molar-refractivity contribution in [2.75, 3.05) is 19.5 Å². The molecule has 0 bridgehead atoms. The average Bonchev–Trinajstić information content (AvgIpc) is 2.94. The Hall–Kier alpha value is -3.20. The van der Waals surface area contributed by atoms with Gasteiger partial charge in [0.1, 0.15) is 11.6 Å². The molecule has 0 fully saturated rings. The van der Waals surface area contributed by atoms with Crippen molar-refractivity contribution in [1.82, 2.24) is 4.57 Å². The molecule has 6 nitrogen and oxygen atoms in total. The molecule has 0 saturated carbocycles. The van der Waals surface area contributed by atoms with E-state index in [0.29, 0.717) is 17.2 Å². The molecular formula is C22H27N3O3. The number of ether oxygens (including phenoxy) is 2. The van der Waals surface area contributed by atoms with Crippen molar-refractivity contribution in [1.29, 1.82) is 5.26 Å². The zero-order valence-corrected chi connectivity index (χ0v) is 17.3. The molecule has 1 amide bonds. The summed E-state index contributed by atoms with van der Waals surface area (Å²) in [5, 5.41) is 12.3. The Labute approximate surface area is 166 Å². The zero-order chi connectivity index (χ0) is 20.8. The van der Waals surface area contributed by atoms with Gasteiger partial charge >= 0.3 is 0 Å². The van der Waals surface area contributed by atoms with Crippen LogP contribution in [0.4, 0.5) is 5.69 Å². The van der Waals surface area contributed by atoms with Crippen molar-refractivity contribution in [3.63, 3.8) is 0 Å². The molecule has 0 atom stereocenters. The highest BCUT2D eigenvalue weighted by molar-refractivity contribution is 6.10. The second kappa shape index (κ2) is 9.14. The van der Waals surface area contributed by atoms with E-state index < -0.39 is 5.91 Å². The molecule has 0 aliphatic carbocycles. The first kappa shape index (κ1) is 21.1. The maximum Gasteiger partial charge on any atom is 0.266 e. The van der Waals surface area contributed by atoms with Gasteiger partial charge in [0, 0.05) is 29.7 Å². The van der Waals surface area contributed by atoms with Crippen LogP contribution in [0.25, 0.3) is 6.08 Å². The van der Waals surface area contributed by atoms with E-state index in [1.807, 2.05) is 32.9 Å². The Balaban J connectivity index is 2.34. The Kier molecular flexibility index (Phi) is 6.89. The van der Waals surface area contributed by atoms with Crippen molar-refractivity contribution in [3.8, 4) is 17.6 Å². The highest BCUT2D eigenvalue weighted by Crippen LogP contribution is 2.33. The lowest BCUT2D eigenvalue weighted by atomic mass is 10.1. The lowest BCUT2D eigenvalue weighted by Gasteiger charge is -2.13. The van der Waals surface area contributed by atoms with Crippen LogP contribution in [0.5, 0.6) is 11.5 Å². The van der Waals surface area contributed by atoms with Gasteiger partial charge in [-0.25, -0.2) is 0 Å². The fourth-order valence-electron chi connectivity index (χ4n) is 3.15. The van der Waals surface area contributed by atoms with Gasteiger partial charge in [-0.2, -0.15) is 5.26 Å². The van der Waals surface area contributed by atoms with Gasteiger partial charge in [0.15, 0.2) is 11.5 Å². The molecule has 0 radical (unpaired) electrons. The van der Waals surface area contributed by atoms with Gasteiger partial charge in [-0.3, -0.25) is 4.79 Å². The first-order chi connectivity index (χ1) is 13.4. The van der Waals surface area contributed by atoms with E-state index in [1.165, 1.54) is 7.11 Å². The number of nitrogens with one attached hydrogen (secondary N) is 1. The number of anilines is 1. The standard InChI is InChI=1S/C22H27N3O3/c1-7-8-25-15(3)10-17(16(25)4)11-18(13-23)22(26)24-19-12-21(28-6)20(27-5)9-14(19)2/h9-12H,7-8H2,1-6H3,(H,24,26)/b18-11-. The molecular weight excluding hydrogens is 354 g/mol. The number of aryl methyl sites for hydroxylation is 2. The second-order valence-corrected chi connectivity index (χ2v) is 6.62. The third-order valence-corrected chi connectivity index (χ3v) is 4.70. The van der Waals surface area contributed by atoms with Gasteiger partial charge in [0.25, 0.3) is 5.91 Å². The SMILES string of the molecule is CCCn1c(C)cc(/C=C(/C#N)C(=O)Nc2cc(OC)c(OC)cc2C)c1C. The molecule has 1 aromatic heterocycles. The Morgan fingerprint density at radius 3 is 2.39 bits per heavy atom. The van der Waals surface area contributed by atoms with Crippen LogP contribution in [0, 0.1) is 32.1 Å². The van der Waals surface area contributed by atoms with E-state index in [2.05, 4.69) is 16.8 Å². The summed E-state index contributed by atoms with van der Waals surface area (Å²) in [6.07, 6.45) is 2.66. The van der Waals surface area contributed by atoms with Crippen molar-refractivity contribution in [3.05, 3.63) is 46.3 Å². The number of benzene rings is 1. The summed E-state index contributed by atoms with van der Waals surface area (Å²) in [6.45, 7) is 8.91. The predicted molar refractivity (Wildman–Crippen MR) is 111 cm³/mol. The predicted octanol–water partition coefficient (Wildman–Crippen LogP) is 4.39. The molecule has 2 rings (SSSR count). The van der Waals surface area contributed by atoms with Gasteiger partial charge in [-0.05, 0) is 56.5 Å². The van der Waals surface area contributed by atoms with E-state index in [4.69, 9.17) is 9.47 Å². The monoisotopic (exact) mass is 381 g/mol. The number of nitriles is 1. The Morgan fingerprint density at radius 2 is 1.82 bits per heavy atom. The lowest BCUT2D eigenvalue weighted by molar-refractivity contribution is -0.112. The number of carbonyl (C=O) groups is 1. The largest absolute Gasteiger partial charge is 0.493 e. The Bertz CT molecular complexity index is 949. The minimum Gasteiger partial charge on any atom is -0.493 e. The molecule has 0 unspecified atom stereocenters. The smallest absolute Gasteiger partial charge is 0.266 e. The molecule has 1 aromatic carbocycles. The molecule has 1 heterocycles. The van der Waals surface area contributed by atoms with Gasteiger partial charge in [-0.1, -0.05) is 6.92 Å². The first-order valence-corrected chi connectivity index (χ1v) is 9.18. The van der Waals surface area contributed by atoms with Crippen LogP contribution in [0.1, 0.15) is 35.9 Å². The van der Waals surface area contributed by atoms with Crippen molar-refractivity contribution < 1.29 is 14.3 Å². The summed E-state index contributed by atoms with van der Waals surface area (Å²) >= 11 is 0. The molecule has 6 heteroatoms. The van der Waals surface area contributed by atoms with E-state index in [1.54, 1.807) is 25.3 Å². The molecule has 28 heavy (non-hydrogen) atoms. The quantitative estimate of drug-likeness (QED) is 0.570. The summed E-state index contributed by atoms with van der Waals surface area (Å²) < 4.78 is 12.8.